The zero-order valence-electron chi connectivity index (χ0n) is 8.04. The molecule has 1 unspecified atom stereocenters. The summed E-state index contributed by atoms with van der Waals surface area (Å²) in [5, 5.41) is 0. The minimum absolute atomic E-state index is 0.151. The van der Waals surface area contributed by atoms with Crippen LogP contribution in [0.2, 0.25) is 0 Å². The molecule has 0 spiro atoms. The molecule has 2 rings (SSSR count). The van der Waals surface area contributed by atoms with E-state index >= 15 is 0 Å². The molecule has 0 amide bonds. The Kier molecular flexibility index (Phi) is 2.79. The van der Waals surface area contributed by atoms with Gasteiger partial charge in [0.2, 0.25) is 0 Å². The van der Waals surface area contributed by atoms with Crippen molar-refractivity contribution in [2.45, 2.75) is 25.3 Å². The molecule has 2 nitrogen and oxygen atoms in total. The monoisotopic (exact) mass is 254 g/mol. The molecule has 14 heavy (non-hydrogen) atoms. The average molecular weight is 255 g/mol. The van der Waals surface area contributed by atoms with Gasteiger partial charge in [0.1, 0.15) is 0 Å². The fourth-order valence-electron chi connectivity index (χ4n) is 1.64. The Balaban J connectivity index is 2.10. The first-order valence-electron chi connectivity index (χ1n) is 4.97. The maximum Gasteiger partial charge on any atom is 0.0461 e. The lowest BCUT2D eigenvalue weighted by atomic mass is 10.0. The number of hydrogen-bond acceptors (Lipinski definition) is 2. The molecule has 3 heteroatoms. The highest BCUT2D eigenvalue weighted by atomic mass is 79.9. The van der Waals surface area contributed by atoms with Gasteiger partial charge in [-0.05, 0) is 46.0 Å². The van der Waals surface area contributed by atoms with Crippen molar-refractivity contribution >= 4 is 21.6 Å². The molecule has 0 aromatic heterocycles. The Labute approximate surface area is 92.8 Å². The number of anilines is 1. The zero-order valence-corrected chi connectivity index (χ0v) is 9.63. The van der Waals surface area contributed by atoms with Gasteiger partial charge in [0, 0.05) is 16.2 Å². The smallest absolute Gasteiger partial charge is 0.0461 e. The van der Waals surface area contributed by atoms with E-state index in [4.69, 9.17) is 11.5 Å². The lowest BCUT2D eigenvalue weighted by Gasteiger charge is -2.12. The van der Waals surface area contributed by atoms with E-state index in [1.807, 2.05) is 18.2 Å². The summed E-state index contributed by atoms with van der Waals surface area (Å²) in [6.45, 7) is 0. The fraction of sp³-hybridized carbons (Fsp3) is 0.455. The lowest BCUT2D eigenvalue weighted by molar-refractivity contribution is 0.597. The van der Waals surface area contributed by atoms with Crippen molar-refractivity contribution in [2.75, 3.05) is 5.73 Å². The molecule has 1 saturated carbocycles. The maximum absolute atomic E-state index is 6.08. The molecule has 0 radical (unpaired) electrons. The van der Waals surface area contributed by atoms with Crippen LogP contribution in [0.5, 0.6) is 0 Å². The van der Waals surface area contributed by atoms with E-state index in [-0.39, 0.29) is 6.04 Å². The Bertz CT molecular complexity index is 334. The third-order valence-corrected chi connectivity index (χ3v) is 3.45. The molecule has 0 bridgehead atoms. The Morgan fingerprint density at radius 2 is 2.14 bits per heavy atom. The first kappa shape index (κ1) is 9.99. The standard InChI is InChI=1S/C11H15BrN2/c12-9-4-3-8(6-11(9)14)10(13)5-7-1-2-7/h3-4,6-7,10H,1-2,5,13-14H2. The quantitative estimate of drug-likeness (QED) is 0.816. The molecule has 1 aromatic carbocycles. The summed E-state index contributed by atoms with van der Waals surface area (Å²) < 4.78 is 0.944. The summed E-state index contributed by atoms with van der Waals surface area (Å²) >= 11 is 3.38. The molecule has 1 aliphatic carbocycles. The van der Waals surface area contributed by atoms with Gasteiger partial charge < -0.3 is 11.5 Å². The normalized spacial score (nSPS) is 18.1. The van der Waals surface area contributed by atoms with Crippen molar-refractivity contribution < 1.29 is 0 Å². The highest BCUT2D eigenvalue weighted by Gasteiger charge is 2.24. The molecular formula is C11H15BrN2. The number of benzene rings is 1. The molecule has 0 saturated heterocycles. The summed E-state index contributed by atoms with van der Waals surface area (Å²) in [4.78, 5) is 0. The molecule has 1 atom stereocenters. The van der Waals surface area contributed by atoms with Gasteiger partial charge >= 0.3 is 0 Å². The van der Waals surface area contributed by atoms with E-state index in [0.29, 0.717) is 0 Å². The van der Waals surface area contributed by atoms with Crippen LogP contribution in [0.3, 0.4) is 0 Å². The zero-order chi connectivity index (χ0) is 10.1. The molecule has 0 aliphatic heterocycles. The summed E-state index contributed by atoms with van der Waals surface area (Å²) in [6.07, 6.45) is 3.79. The van der Waals surface area contributed by atoms with E-state index < -0.39 is 0 Å². The van der Waals surface area contributed by atoms with Crippen molar-refractivity contribution in [3.05, 3.63) is 28.2 Å². The second-order valence-electron chi connectivity index (χ2n) is 4.07. The molecule has 1 fully saturated rings. The van der Waals surface area contributed by atoms with Crippen LogP contribution in [-0.2, 0) is 0 Å². The molecular weight excluding hydrogens is 240 g/mol. The number of hydrogen-bond donors (Lipinski definition) is 2. The first-order chi connectivity index (χ1) is 6.66. The van der Waals surface area contributed by atoms with Crippen molar-refractivity contribution in [1.29, 1.82) is 0 Å². The van der Waals surface area contributed by atoms with Gasteiger partial charge in [0.05, 0.1) is 0 Å². The van der Waals surface area contributed by atoms with Crippen molar-refractivity contribution in [2.24, 2.45) is 11.7 Å². The number of nitrogens with two attached hydrogens (primary N) is 2. The van der Waals surface area contributed by atoms with Crippen LogP contribution in [0.1, 0.15) is 30.9 Å². The Hall–Kier alpha value is -0.540. The number of halogens is 1. The van der Waals surface area contributed by atoms with Gasteiger partial charge in [-0.1, -0.05) is 18.9 Å². The lowest BCUT2D eigenvalue weighted by Crippen LogP contribution is -2.11. The van der Waals surface area contributed by atoms with E-state index in [2.05, 4.69) is 15.9 Å². The van der Waals surface area contributed by atoms with Crippen LogP contribution < -0.4 is 11.5 Å². The Morgan fingerprint density at radius 1 is 1.43 bits per heavy atom. The van der Waals surface area contributed by atoms with Crippen LogP contribution in [0.25, 0.3) is 0 Å². The molecule has 0 heterocycles. The largest absolute Gasteiger partial charge is 0.398 e. The van der Waals surface area contributed by atoms with E-state index in [1.165, 1.54) is 12.8 Å². The van der Waals surface area contributed by atoms with Crippen molar-refractivity contribution in [1.82, 2.24) is 0 Å². The predicted octanol–water partition coefficient (Wildman–Crippen LogP) is 2.83. The SMILES string of the molecule is Nc1cc(C(N)CC2CC2)ccc1Br. The average Bonchev–Trinajstić information content (AvgIpc) is 2.93. The van der Waals surface area contributed by atoms with Crippen molar-refractivity contribution in [3.63, 3.8) is 0 Å². The number of rotatable bonds is 3. The fourth-order valence-corrected chi connectivity index (χ4v) is 1.89. The maximum atomic E-state index is 6.08. The van der Waals surface area contributed by atoms with Gasteiger partial charge in [-0.3, -0.25) is 0 Å². The van der Waals surface area contributed by atoms with Crippen LogP contribution in [0.4, 0.5) is 5.69 Å². The van der Waals surface area contributed by atoms with Gasteiger partial charge in [-0.2, -0.15) is 0 Å². The van der Waals surface area contributed by atoms with E-state index in [0.717, 1.165) is 28.1 Å². The topological polar surface area (TPSA) is 52.0 Å². The highest BCUT2D eigenvalue weighted by Crippen LogP contribution is 2.37. The first-order valence-corrected chi connectivity index (χ1v) is 5.76. The Morgan fingerprint density at radius 3 is 2.71 bits per heavy atom. The van der Waals surface area contributed by atoms with Crippen LogP contribution in [0, 0.1) is 5.92 Å². The summed E-state index contributed by atoms with van der Waals surface area (Å²) in [5.74, 6) is 0.856. The second-order valence-corrected chi connectivity index (χ2v) is 4.92. The highest BCUT2D eigenvalue weighted by molar-refractivity contribution is 9.10. The van der Waals surface area contributed by atoms with Gasteiger partial charge in [0.15, 0.2) is 0 Å². The molecule has 4 N–H and O–H groups in total. The van der Waals surface area contributed by atoms with E-state index in [9.17, 15) is 0 Å². The molecule has 1 aliphatic rings. The molecule has 76 valence electrons. The third-order valence-electron chi connectivity index (χ3n) is 2.73. The summed E-state index contributed by atoms with van der Waals surface area (Å²) in [6, 6.07) is 6.14. The molecule has 1 aromatic rings. The van der Waals surface area contributed by atoms with Crippen LogP contribution in [0.15, 0.2) is 22.7 Å². The van der Waals surface area contributed by atoms with Crippen LogP contribution >= 0.6 is 15.9 Å². The minimum Gasteiger partial charge on any atom is -0.398 e. The van der Waals surface area contributed by atoms with Crippen molar-refractivity contribution in [3.8, 4) is 0 Å². The van der Waals surface area contributed by atoms with Gasteiger partial charge in [-0.25, -0.2) is 0 Å². The number of nitrogen functional groups attached to an aromatic ring is 1. The predicted molar refractivity (Wildman–Crippen MR) is 62.8 cm³/mol. The van der Waals surface area contributed by atoms with Gasteiger partial charge in [0.25, 0.3) is 0 Å². The minimum atomic E-state index is 0.151. The summed E-state index contributed by atoms with van der Waals surface area (Å²) in [7, 11) is 0. The second kappa shape index (κ2) is 3.91. The third kappa shape index (κ3) is 2.28. The van der Waals surface area contributed by atoms with Crippen LogP contribution in [-0.4, -0.2) is 0 Å². The van der Waals surface area contributed by atoms with E-state index in [1.54, 1.807) is 0 Å². The van der Waals surface area contributed by atoms with Gasteiger partial charge in [-0.15, -0.1) is 0 Å². The summed E-state index contributed by atoms with van der Waals surface area (Å²) in [5.41, 5.74) is 13.8.